The normalized spacial score (nSPS) is 12.7. The molecule has 9 heteroatoms. The van der Waals surface area contributed by atoms with Gasteiger partial charge in [0.15, 0.2) is 5.82 Å². The summed E-state index contributed by atoms with van der Waals surface area (Å²) in [6, 6.07) is 22.4. The average molecular weight is 517 g/mol. The molecule has 1 N–H and O–H groups in total. The van der Waals surface area contributed by atoms with Gasteiger partial charge in [0.1, 0.15) is 12.6 Å². The third-order valence-corrected chi connectivity index (χ3v) is 6.61. The van der Waals surface area contributed by atoms with Crippen molar-refractivity contribution < 1.29 is 24.0 Å². The van der Waals surface area contributed by atoms with Crippen molar-refractivity contribution in [2.24, 2.45) is 0 Å². The summed E-state index contributed by atoms with van der Waals surface area (Å²) in [5.41, 5.74) is 1.92. The van der Waals surface area contributed by atoms with Crippen LogP contribution in [0.2, 0.25) is 0 Å². The number of hydrogen-bond donors (Lipinski definition) is 1. The van der Waals surface area contributed by atoms with Gasteiger partial charge in [0.05, 0.1) is 12.6 Å². The van der Waals surface area contributed by atoms with E-state index in [1.807, 2.05) is 72.8 Å². The maximum Gasteiger partial charge on any atom is 0.407 e. The van der Waals surface area contributed by atoms with Gasteiger partial charge in [0, 0.05) is 20.5 Å². The molecule has 0 aliphatic heterocycles. The summed E-state index contributed by atoms with van der Waals surface area (Å²) in [4.78, 5) is 32.6. The van der Waals surface area contributed by atoms with E-state index < -0.39 is 12.1 Å². The first-order chi connectivity index (χ1) is 18.3. The molecule has 3 aromatic carbocycles. The van der Waals surface area contributed by atoms with E-state index in [-0.39, 0.29) is 31.6 Å². The number of ether oxygens (including phenoxy) is 1. The largest absolute Gasteiger partial charge is 0.465 e. The Labute approximate surface area is 221 Å². The van der Waals surface area contributed by atoms with Gasteiger partial charge in [0.25, 0.3) is 5.89 Å². The number of hydrogen-bond acceptors (Lipinski definition) is 6. The van der Waals surface area contributed by atoms with Crippen LogP contribution in [-0.4, -0.2) is 69.8 Å². The quantitative estimate of drug-likeness (QED) is 0.316. The maximum absolute atomic E-state index is 13.8. The van der Waals surface area contributed by atoms with Gasteiger partial charge >= 0.3 is 6.09 Å². The molecule has 38 heavy (non-hydrogen) atoms. The van der Waals surface area contributed by atoms with Crippen LogP contribution in [0.25, 0.3) is 10.8 Å². The van der Waals surface area contributed by atoms with Crippen molar-refractivity contribution in [3.8, 4) is 0 Å². The van der Waals surface area contributed by atoms with Crippen molar-refractivity contribution in [1.82, 2.24) is 19.9 Å². The first-order valence-corrected chi connectivity index (χ1v) is 12.4. The zero-order valence-corrected chi connectivity index (χ0v) is 21.8. The number of amides is 2. The Morgan fingerprint density at radius 1 is 0.921 bits per heavy atom. The molecule has 2 atom stereocenters. The minimum Gasteiger partial charge on any atom is -0.465 e. The Hall–Kier alpha value is -4.24. The molecule has 0 aliphatic carbocycles. The third-order valence-electron chi connectivity index (χ3n) is 6.61. The Bertz CT molecular complexity index is 1370. The maximum atomic E-state index is 13.8. The lowest BCUT2D eigenvalue weighted by molar-refractivity contribution is -0.138. The number of carbonyl (C=O) groups is 2. The van der Waals surface area contributed by atoms with Gasteiger partial charge in [-0.2, -0.15) is 4.98 Å². The zero-order valence-electron chi connectivity index (χ0n) is 21.8. The van der Waals surface area contributed by atoms with Crippen LogP contribution in [0.4, 0.5) is 4.79 Å². The van der Waals surface area contributed by atoms with E-state index in [1.54, 1.807) is 18.9 Å². The highest BCUT2D eigenvalue weighted by molar-refractivity contribution is 5.86. The van der Waals surface area contributed by atoms with E-state index in [0.717, 1.165) is 26.8 Å². The first kappa shape index (κ1) is 26.8. The van der Waals surface area contributed by atoms with Crippen molar-refractivity contribution in [3.63, 3.8) is 0 Å². The number of carbonyl (C=O) groups excluding carboxylic acids is 1. The van der Waals surface area contributed by atoms with Crippen LogP contribution in [0.15, 0.2) is 77.3 Å². The van der Waals surface area contributed by atoms with Crippen LogP contribution >= 0.6 is 0 Å². The average Bonchev–Trinajstić information content (AvgIpc) is 3.35. The fraction of sp³-hybridized carbons (Fsp3) is 0.310. The number of rotatable bonds is 11. The van der Waals surface area contributed by atoms with Crippen LogP contribution in [-0.2, 0) is 29.0 Å². The molecule has 1 aromatic heterocycles. The lowest BCUT2D eigenvalue weighted by atomic mass is 9.99. The molecule has 1 heterocycles. The van der Waals surface area contributed by atoms with Crippen molar-refractivity contribution in [3.05, 3.63) is 95.6 Å². The van der Waals surface area contributed by atoms with Crippen molar-refractivity contribution in [2.75, 3.05) is 20.7 Å². The molecule has 0 spiro atoms. The molecule has 0 unspecified atom stereocenters. The van der Waals surface area contributed by atoms with Gasteiger partial charge in [-0.05, 0) is 35.2 Å². The summed E-state index contributed by atoms with van der Waals surface area (Å²) in [6.45, 7) is 2.05. The smallest absolute Gasteiger partial charge is 0.407 e. The lowest BCUT2D eigenvalue weighted by Crippen LogP contribution is -2.53. The fourth-order valence-corrected chi connectivity index (χ4v) is 4.40. The number of nitrogens with zero attached hydrogens (tertiary/aromatic N) is 4. The second kappa shape index (κ2) is 12.3. The van der Waals surface area contributed by atoms with Crippen LogP contribution in [0.5, 0.6) is 0 Å². The SMILES string of the molecule is Cc1noc(COC[C@@H](Cc2ccccc2)N(C)C(=O)[C@@H](Cc2ccc3ccccc3c2)N(C)C(=O)O)n1. The monoisotopic (exact) mass is 516 g/mol. The Kier molecular flexibility index (Phi) is 8.70. The third kappa shape index (κ3) is 6.74. The van der Waals surface area contributed by atoms with Crippen molar-refractivity contribution in [2.45, 2.75) is 38.5 Å². The molecule has 4 rings (SSSR count). The highest BCUT2D eigenvalue weighted by atomic mass is 16.5. The molecule has 0 bridgehead atoms. The number of benzene rings is 3. The van der Waals surface area contributed by atoms with E-state index in [2.05, 4.69) is 10.1 Å². The zero-order chi connectivity index (χ0) is 27.1. The highest BCUT2D eigenvalue weighted by Gasteiger charge is 2.32. The van der Waals surface area contributed by atoms with Gasteiger partial charge in [0.2, 0.25) is 5.91 Å². The van der Waals surface area contributed by atoms with Crippen LogP contribution < -0.4 is 0 Å². The van der Waals surface area contributed by atoms with Crippen LogP contribution in [0.3, 0.4) is 0 Å². The second-order valence-electron chi connectivity index (χ2n) is 9.34. The topological polar surface area (TPSA) is 109 Å². The Morgan fingerprint density at radius 3 is 2.32 bits per heavy atom. The van der Waals surface area contributed by atoms with E-state index in [1.165, 1.54) is 7.05 Å². The highest BCUT2D eigenvalue weighted by Crippen LogP contribution is 2.20. The minimum atomic E-state index is -1.17. The molecule has 198 valence electrons. The first-order valence-electron chi connectivity index (χ1n) is 12.4. The van der Waals surface area contributed by atoms with E-state index in [4.69, 9.17) is 9.26 Å². The number of aromatic nitrogens is 2. The molecule has 0 saturated carbocycles. The van der Waals surface area contributed by atoms with Gasteiger partial charge < -0.3 is 19.3 Å². The predicted molar refractivity (Wildman–Crippen MR) is 143 cm³/mol. The number of carboxylic acid groups (broad SMARTS) is 1. The number of aryl methyl sites for hydroxylation is 1. The minimum absolute atomic E-state index is 0.115. The molecule has 0 saturated heterocycles. The van der Waals surface area contributed by atoms with E-state index in [9.17, 15) is 14.7 Å². The summed E-state index contributed by atoms with van der Waals surface area (Å²) in [5.74, 6) is 0.570. The second-order valence-corrected chi connectivity index (χ2v) is 9.34. The molecule has 9 nitrogen and oxygen atoms in total. The molecular weight excluding hydrogens is 484 g/mol. The standard InChI is InChI=1S/C29H32N4O5/c1-20-30-27(38-31-20)19-37-18-25(16-21-9-5-4-6-10-21)32(2)28(34)26(33(3)29(35)36)17-22-13-14-23-11-7-8-12-24(23)15-22/h4-15,25-26H,16-19H2,1-3H3,(H,35,36)/t25-,26-/m1/s1. The molecule has 0 radical (unpaired) electrons. The molecule has 0 aliphatic rings. The van der Waals surface area contributed by atoms with E-state index >= 15 is 0 Å². The van der Waals surface area contributed by atoms with Gasteiger partial charge in [-0.1, -0.05) is 78.0 Å². The summed E-state index contributed by atoms with van der Waals surface area (Å²) in [6.07, 6.45) is -0.386. The summed E-state index contributed by atoms with van der Waals surface area (Å²) in [5, 5.41) is 15.7. The van der Waals surface area contributed by atoms with Crippen molar-refractivity contribution >= 4 is 22.8 Å². The van der Waals surface area contributed by atoms with Gasteiger partial charge in [-0.25, -0.2) is 4.79 Å². The Morgan fingerprint density at radius 2 is 1.63 bits per heavy atom. The lowest BCUT2D eigenvalue weighted by Gasteiger charge is -2.34. The molecular formula is C29H32N4O5. The molecule has 4 aromatic rings. The van der Waals surface area contributed by atoms with Crippen LogP contribution in [0, 0.1) is 6.92 Å². The van der Waals surface area contributed by atoms with E-state index in [0.29, 0.717) is 18.1 Å². The Balaban J connectivity index is 1.55. The van der Waals surface area contributed by atoms with Gasteiger partial charge in [-0.3, -0.25) is 9.69 Å². The van der Waals surface area contributed by atoms with Gasteiger partial charge in [-0.15, -0.1) is 0 Å². The van der Waals surface area contributed by atoms with Crippen LogP contribution in [0.1, 0.15) is 22.8 Å². The number of likely N-dealkylation sites (N-methyl/N-ethyl adjacent to an activating group) is 2. The summed E-state index contributed by atoms with van der Waals surface area (Å²) < 4.78 is 11.0. The molecule has 2 amide bonds. The predicted octanol–water partition coefficient (Wildman–Crippen LogP) is 4.34. The fourth-order valence-electron chi connectivity index (χ4n) is 4.40. The summed E-state index contributed by atoms with van der Waals surface area (Å²) >= 11 is 0. The summed E-state index contributed by atoms with van der Waals surface area (Å²) in [7, 11) is 3.12. The molecule has 0 fully saturated rings. The van der Waals surface area contributed by atoms with Crippen molar-refractivity contribution in [1.29, 1.82) is 0 Å². The number of fused-ring (bicyclic) bond motifs is 1.